The molecule has 2 amide bonds. The van der Waals surface area contributed by atoms with Gasteiger partial charge < -0.3 is 29.2 Å². The molecule has 2 bridgehead atoms. The lowest BCUT2D eigenvalue weighted by molar-refractivity contribution is -0.475. The summed E-state index contributed by atoms with van der Waals surface area (Å²) in [4.78, 5) is 66.6. The second-order valence-electron chi connectivity index (χ2n) is 20.6. The zero-order chi connectivity index (χ0) is 48.1. The van der Waals surface area contributed by atoms with E-state index in [1.165, 1.54) is 13.0 Å². The van der Waals surface area contributed by atoms with E-state index in [1.54, 1.807) is 13.0 Å². The fourth-order valence-corrected chi connectivity index (χ4v) is 11.8. The molecule has 0 spiro atoms. The summed E-state index contributed by atoms with van der Waals surface area (Å²) in [6, 6.07) is 9.38. The first kappa shape index (κ1) is 51.9. The zero-order valence-electron chi connectivity index (χ0n) is 40.9. The molecule has 0 saturated carbocycles. The fraction of sp³-hybridized carbons (Fsp3) is 0.731. The summed E-state index contributed by atoms with van der Waals surface area (Å²) >= 11 is 0. The van der Waals surface area contributed by atoms with Crippen molar-refractivity contribution in [2.24, 2.45) is 47.3 Å². The van der Waals surface area contributed by atoms with Crippen LogP contribution in [0.15, 0.2) is 48.6 Å². The molecule has 14 nitrogen and oxygen atoms in total. The molecular formula is C52H78N2O12. The second kappa shape index (κ2) is 21.9. The molecule has 0 radical (unpaired) electrons. The van der Waals surface area contributed by atoms with Crippen molar-refractivity contribution < 1.29 is 58.1 Å². The number of rotatable bonds is 15. The molecule has 18 atom stereocenters. The van der Waals surface area contributed by atoms with Gasteiger partial charge in [0, 0.05) is 36.7 Å². The number of Topliss-reactive ketones (excluding diaryl/α,β-unsaturated/α-hetero) is 1. The highest BCUT2D eigenvalue weighted by atomic mass is 17.2. The molecule has 0 aromatic heterocycles. The Morgan fingerprint density at radius 1 is 0.909 bits per heavy atom. The number of nitrogens with one attached hydrogen (secondary N) is 2. The van der Waals surface area contributed by atoms with E-state index < -0.39 is 89.2 Å². The van der Waals surface area contributed by atoms with E-state index in [-0.39, 0.29) is 41.5 Å². The predicted molar refractivity (Wildman–Crippen MR) is 247 cm³/mol. The molecule has 6 rings (SSSR count). The van der Waals surface area contributed by atoms with Gasteiger partial charge in [0.2, 0.25) is 11.7 Å². The third kappa shape index (κ3) is 11.2. The molecule has 4 saturated heterocycles. The molecule has 1 aliphatic carbocycles. The van der Waals surface area contributed by atoms with Crippen LogP contribution in [-0.2, 0) is 47.9 Å². The lowest BCUT2D eigenvalue weighted by Crippen LogP contribution is -2.57. The maximum atomic E-state index is 14.8. The number of aliphatic hydroxyl groups excluding tert-OH is 1. The van der Waals surface area contributed by atoms with Gasteiger partial charge in [-0.3, -0.25) is 30.0 Å². The van der Waals surface area contributed by atoms with Gasteiger partial charge in [-0.1, -0.05) is 84.9 Å². The number of ketones is 1. The molecule has 4 heterocycles. The highest BCUT2D eigenvalue weighted by molar-refractivity contribution is 5.93. The van der Waals surface area contributed by atoms with Crippen LogP contribution in [0.3, 0.4) is 0 Å². The number of aliphatic hydroxyl groups is 2. The Bertz CT molecular complexity index is 1890. The van der Waals surface area contributed by atoms with E-state index in [1.807, 2.05) is 78.0 Å². The summed E-state index contributed by atoms with van der Waals surface area (Å²) in [6.07, 6.45) is 8.42. The number of carbonyl (C=O) groups is 4. The molecule has 66 heavy (non-hydrogen) atoms. The van der Waals surface area contributed by atoms with Gasteiger partial charge in [0.1, 0.15) is 11.9 Å². The fourth-order valence-electron chi connectivity index (χ4n) is 11.8. The van der Waals surface area contributed by atoms with Crippen molar-refractivity contribution in [3.63, 3.8) is 0 Å². The van der Waals surface area contributed by atoms with Crippen LogP contribution in [0.25, 0.3) is 6.08 Å². The van der Waals surface area contributed by atoms with Gasteiger partial charge >= 0.3 is 5.97 Å². The van der Waals surface area contributed by atoms with Crippen LogP contribution in [0.1, 0.15) is 139 Å². The van der Waals surface area contributed by atoms with Crippen LogP contribution in [-0.4, -0.2) is 93.5 Å². The lowest BCUT2D eigenvalue weighted by atomic mass is 9.74. The molecule has 5 aliphatic rings. The van der Waals surface area contributed by atoms with Crippen molar-refractivity contribution >= 4 is 29.6 Å². The van der Waals surface area contributed by atoms with Crippen molar-refractivity contribution in [3.05, 3.63) is 54.1 Å². The average molecular weight is 923 g/mol. The normalized spacial score (nSPS) is 38.1. The third-order valence-corrected chi connectivity index (χ3v) is 16.0. The molecule has 4 N–H and O–H groups in total. The zero-order valence-corrected chi connectivity index (χ0v) is 40.9. The monoisotopic (exact) mass is 923 g/mol. The van der Waals surface area contributed by atoms with Gasteiger partial charge in [-0.05, 0) is 114 Å². The van der Waals surface area contributed by atoms with E-state index in [4.69, 9.17) is 28.7 Å². The Hall–Kier alpha value is -3.50. The highest BCUT2D eigenvalue weighted by Gasteiger charge is 2.65. The van der Waals surface area contributed by atoms with Gasteiger partial charge in [-0.25, -0.2) is 4.89 Å². The third-order valence-electron chi connectivity index (χ3n) is 16.0. The summed E-state index contributed by atoms with van der Waals surface area (Å²) in [5, 5.41) is 23.3. The van der Waals surface area contributed by atoms with Crippen LogP contribution < -0.4 is 10.9 Å². The van der Waals surface area contributed by atoms with Gasteiger partial charge in [0.15, 0.2) is 6.10 Å². The lowest BCUT2D eigenvalue weighted by Gasteiger charge is -2.47. The Balaban J connectivity index is 1.15. The minimum absolute atomic E-state index is 0.0374. The molecule has 14 heteroatoms. The van der Waals surface area contributed by atoms with Crippen LogP contribution in [0, 0.1) is 47.3 Å². The largest absolute Gasteiger partial charge is 0.452 e. The van der Waals surface area contributed by atoms with Gasteiger partial charge in [0.05, 0.1) is 47.6 Å². The Morgan fingerprint density at radius 3 is 2.27 bits per heavy atom. The minimum Gasteiger partial charge on any atom is -0.452 e. The maximum absolute atomic E-state index is 14.8. The summed E-state index contributed by atoms with van der Waals surface area (Å²) in [5.74, 6) is -5.80. The van der Waals surface area contributed by atoms with Crippen molar-refractivity contribution in [1.29, 1.82) is 0 Å². The van der Waals surface area contributed by atoms with Crippen molar-refractivity contribution in [3.8, 4) is 0 Å². The molecule has 4 fully saturated rings. The number of esters is 1. The summed E-state index contributed by atoms with van der Waals surface area (Å²) < 4.78 is 26.3. The van der Waals surface area contributed by atoms with E-state index in [9.17, 15) is 29.4 Å². The van der Waals surface area contributed by atoms with E-state index >= 15 is 0 Å². The highest BCUT2D eigenvalue weighted by Crippen LogP contribution is 2.55. The molecule has 2 unspecified atom stereocenters. The number of benzene rings is 1. The van der Waals surface area contributed by atoms with Crippen molar-refractivity contribution in [2.75, 3.05) is 0 Å². The number of ether oxygens (including phenoxy) is 4. The summed E-state index contributed by atoms with van der Waals surface area (Å²) in [5.41, 5.74) is 4.12. The molecular weight excluding hydrogens is 845 g/mol. The second-order valence-corrected chi connectivity index (χ2v) is 20.6. The number of hydrogen-bond donors (Lipinski definition) is 4. The van der Waals surface area contributed by atoms with Gasteiger partial charge in [-0.2, -0.15) is 4.89 Å². The van der Waals surface area contributed by atoms with Crippen LogP contribution in [0.4, 0.5) is 0 Å². The number of amides is 2. The summed E-state index contributed by atoms with van der Waals surface area (Å²) in [6.45, 7) is 18.8. The number of hydrogen-bond acceptors (Lipinski definition) is 12. The number of allylic oxidation sites excluding steroid dienone is 1. The van der Waals surface area contributed by atoms with Crippen LogP contribution >= 0.6 is 0 Å². The van der Waals surface area contributed by atoms with E-state index in [0.29, 0.717) is 57.8 Å². The first-order valence-corrected chi connectivity index (χ1v) is 24.8. The van der Waals surface area contributed by atoms with Crippen molar-refractivity contribution in [1.82, 2.24) is 10.9 Å². The maximum Gasteiger partial charge on any atom is 0.303 e. The smallest absolute Gasteiger partial charge is 0.303 e. The number of carbonyl (C=O) groups excluding carboxylic acids is 4. The quantitative estimate of drug-likeness (QED) is 0.0451. The number of hydrazine groups is 1. The van der Waals surface area contributed by atoms with Gasteiger partial charge in [-0.15, -0.1) is 0 Å². The van der Waals surface area contributed by atoms with Crippen molar-refractivity contribution in [2.45, 2.75) is 193 Å². The molecule has 1 aromatic rings. The Kier molecular flexibility index (Phi) is 17.2. The average Bonchev–Trinajstić information content (AvgIpc) is 3.55. The first-order chi connectivity index (χ1) is 31.3. The van der Waals surface area contributed by atoms with Crippen LogP contribution in [0.5, 0.6) is 0 Å². The summed E-state index contributed by atoms with van der Waals surface area (Å²) in [7, 11) is 0. The van der Waals surface area contributed by atoms with E-state index in [0.717, 1.165) is 12.0 Å². The predicted octanol–water partition coefficient (Wildman–Crippen LogP) is 7.35. The molecule has 4 aliphatic heterocycles. The first-order valence-electron chi connectivity index (χ1n) is 24.8. The standard InChI is InChI=1S/C52H78N2O12/c1-11-39(49(59)54-53-44(56)24-21-36-17-15-14-16-18-36)41-22-19-30(4)47(63-41)33(7)45(57)32(6)46(58)40(12-2)48-31(5)27-37-20-23-43(62-35(9)55)52(66-64-48)38(28-37)29-50(10,65-52)42-25-26-51(60,13-3)34(8)61-42/h14-18,20-21,23-24,30-34,37-43,45,47-48,57,60H,11-13,19,22,25-29H2,1-10H3,(H,53,56)(H,54,59)/b24-21+/t30-,31-,32-,33-,34-,37?,38-,39?,40-,41+,42+,43+,45+,47+,48-,50-,51+,52-/m0/s1. The molecule has 368 valence electrons. The van der Waals surface area contributed by atoms with E-state index in [2.05, 4.69) is 30.8 Å². The SMILES string of the molecule is CCC(C(=O)NNC(=O)/C=C/c1ccccc1)[C@H]1CC[C@H](C)[C@H]([C@@H](C)[C@H](O)[C@H](C)C(=O)[C@H](CC)[C@H]2OO[C@@]34O[C@](C)([C@H]5CC[C@](O)(CC)[C@H](C)O5)C[C@@H]3CC(C=C[C@H]4OC(C)=O)C[C@@H]2C)O1. The van der Waals surface area contributed by atoms with Crippen LogP contribution in [0.2, 0.25) is 0 Å². The van der Waals surface area contributed by atoms with Gasteiger partial charge in [0.25, 0.3) is 5.91 Å². The molecule has 1 aromatic carbocycles. The number of fused-ring (bicyclic) bond motifs is 1. The Labute approximate surface area is 392 Å². The minimum atomic E-state index is -1.54. The Morgan fingerprint density at radius 2 is 1.62 bits per heavy atom. The topological polar surface area (TPSA) is 188 Å².